The van der Waals surface area contributed by atoms with Crippen LogP contribution in [-0.2, 0) is 6.42 Å². The smallest absolute Gasteiger partial charge is 0.274 e. The number of H-pyrrole nitrogens is 1. The molecule has 0 bridgehead atoms. The zero-order valence-electron chi connectivity index (χ0n) is 10.6. The Morgan fingerprint density at radius 1 is 1.24 bits per heavy atom. The molecular formula is C14H18N2O. The van der Waals surface area contributed by atoms with E-state index in [0.29, 0.717) is 0 Å². The summed E-state index contributed by atoms with van der Waals surface area (Å²) in [4.78, 5) is 12.3. The summed E-state index contributed by atoms with van der Waals surface area (Å²) < 4.78 is 1.65. The minimum absolute atomic E-state index is 0.0821. The van der Waals surface area contributed by atoms with Crippen molar-refractivity contribution in [1.29, 1.82) is 0 Å². The zero-order valence-corrected chi connectivity index (χ0v) is 10.6. The van der Waals surface area contributed by atoms with E-state index < -0.39 is 0 Å². The Balaban J connectivity index is 2.58. The van der Waals surface area contributed by atoms with Crippen LogP contribution in [0.25, 0.3) is 5.69 Å². The lowest BCUT2D eigenvalue weighted by Gasteiger charge is -2.04. The minimum Gasteiger partial charge on any atom is -0.295 e. The van der Waals surface area contributed by atoms with Gasteiger partial charge in [-0.05, 0) is 31.9 Å². The normalized spacial score (nSPS) is 10.8. The van der Waals surface area contributed by atoms with E-state index in [2.05, 4.69) is 12.0 Å². The highest BCUT2D eigenvalue weighted by molar-refractivity contribution is 5.40. The van der Waals surface area contributed by atoms with Gasteiger partial charge in [0.1, 0.15) is 0 Å². The number of aromatic nitrogens is 2. The molecule has 3 heteroatoms. The van der Waals surface area contributed by atoms with E-state index in [-0.39, 0.29) is 5.56 Å². The fourth-order valence-corrected chi connectivity index (χ4v) is 2.11. The standard InChI is InChI=1S/C14H18N2O/c1-4-7-12-11(3)15-16(14(12)17)13-9-6-5-8-10(13)2/h5-6,8-9,15H,4,7H2,1-3H3. The second-order valence-corrected chi connectivity index (χ2v) is 4.39. The van der Waals surface area contributed by atoms with Crippen LogP contribution in [0.5, 0.6) is 0 Å². The van der Waals surface area contributed by atoms with E-state index in [1.807, 2.05) is 38.1 Å². The van der Waals surface area contributed by atoms with Crippen LogP contribution in [-0.4, -0.2) is 9.78 Å². The maximum Gasteiger partial charge on any atom is 0.274 e. The van der Waals surface area contributed by atoms with Gasteiger partial charge in [-0.2, -0.15) is 0 Å². The van der Waals surface area contributed by atoms with E-state index >= 15 is 0 Å². The summed E-state index contributed by atoms with van der Waals surface area (Å²) >= 11 is 0. The Hall–Kier alpha value is -1.77. The number of nitrogens with zero attached hydrogens (tertiary/aromatic N) is 1. The molecule has 17 heavy (non-hydrogen) atoms. The molecule has 3 nitrogen and oxygen atoms in total. The fraction of sp³-hybridized carbons (Fsp3) is 0.357. The molecule has 0 aliphatic heterocycles. The van der Waals surface area contributed by atoms with Gasteiger partial charge in [0.25, 0.3) is 5.56 Å². The van der Waals surface area contributed by atoms with Crippen LogP contribution in [0.3, 0.4) is 0 Å². The summed E-state index contributed by atoms with van der Waals surface area (Å²) in [6.45, 7) is 6.06. The number of nitrogens with one attached hydrogen (secondary N) is 1. The number of aryl methyl sites for hydroxylation is 2. The summed E-state index contributed by atoms with van der Waals surface area (Å²) in [5.74, 6) is 0. The van der Waals surface area contributed by atoms with Gasteiger partial charge in [-0.1, -0.05) is 31.5 Å². The summed E-state index contributed by atoms with van der Waals surface area (Å²) in [5.41, 5.74) is 3.98. The molecule has 0 radical (unpaired) electrons. The molecule has 1 heterocycles. The van der Waals surface area contributed by atoms with E-state index in [0.717, 1.165) is 35.3 Å². The monoisotopic (exact) mass is 230 g/mol. The van der Waals surface area contributed by atoms with E-state index in [1.54, 1.807) is 4.68 Å². The van der Waals surface area contributed by atoms with Gasteiger partial charge in [0.15, 0.2) is 0 Å². The lowest BCUT2D eigenvalue weighted by molar-refractivity contribution is 0.826. The number of aromatic amines is 1. The number of hydrogen-bond donors (Lipinski definition) is 1. The molecule has 0 aliphatic rings. The Kier molecular flexibility index (Phi) is 3.18. The first-order chi connectivity index (χ1) is 8.15. The highest BCUT2D eigenvalue weighted by Gasteiger charge is 2.12. The minimum atomic E-state index is 0.0821. The summed E-state index contributed by atoms with van der Waals surface area (Å²) in [7, 11) is 0. The average molecular weight is 230 g/mol. The van der Waals surface area contributed by atoms with E-state index in [1.165, 1.54) is 0 Å². The average Bonchev–Trinajstić information content (AvgIpc) is 2.58. The van der Waals surface area contributed by atoms with Crippen molar-refractivity contribution in [2.75, 3.05) is 0 Å². The Morgan fingerprint density at radius 3 is 2.59 bits per heavy atom. The van der Waals surface area contributed by atoms with Crippen molar-refractivity contribution in [2.24, 2.45) is 0 Å². The first-order valence-corrected chi connectivity index (χ1v) is 6.01. The highest BCUT2D eigenvalue weighted by atomic mass is 16.1. The molecule has 1 N–H and O–H groups in total. The lowest BCUT2D eigenvalue weighted by Crippen LogP contribution is -2.18. The van der Waals surface area contributed by atoms with Gasteiger partial charge in [0.2, 0.25) is 0 Å². The van der Waals surface area contributed by atoms with Gasteiger partial charge in [0, 0.05) is 11.3 Å². The highest BCUT2D eigenvalue weighted by Crippen LogP contribution is 2.12. The molecule has 0 spiro atoms. The van der Waals surface area contributed by atoms with Gasteiger partial charge in [-0.25, -0.2) is 4.68 Å². The molecule has 0 saturated heterocycles. The third kappa shape index (κ3) is 2.05. The van der Waals surface area contributed by atoms with Crippen molar-refractivity contribution in [2.45, 2.75) is 33.6 Å². The van der Waals surface area contributed by atoms with E-state index in [9.17, 15) is 4.79 Å². The van der Waals surface area contributed by atoms with Crippen molar-refractivity contribution in [1.82, 2.24) is 9.78 Å². The largest absolute Gasteiger partial charge is 0.295 e. The maximum absolute atomic E-state index is 12.3. The first-order valence-electron chi connectivity index (χ1n) is 6.01. The van der Waals surface area contributed by atoms with Crippen LogP contribution in [0.1, 0.15) is 30.2 Å². The molecule has 2 aromatic rings. The number of hydrogen-bond acceptors (Lipinski definition) is 1. The molecule has 1 aromatic heterocycles. The molecule has 2 rings (SSSR count). The third-order valence-corrected chi connectivity index (χ3v) is 3.05. The molecule has 0 atom stereocenters. The molecule has 0 aliphatic carbocycles. The molecule has 0 fully saturated rings. The van der Waals surface area contributed by atoms with Crippen molar-refractivity contribution in [3.05, 3.63) is 51.4 Å². The molecule has 0 amide bonds. The number of para-hydroxylation sites is 1. The number of benzene rings is 1. The van der Waals surface area contributed by atoms with Gasteiger partial charge in [-0.15, -0.1) is 0 Å². The van der Waals surface area contributed by atoms with Crippen molar-refractivity contribution >= 4 is 0 Å². The van der Waals surface area contributed by atoms with Crippen molar-refractivity contribution in [3.63, 3.8) is 0 Å². The second kappa shape index (κ2) is 4.62. The van der Waals surface area contributed by atoms with E-state index in [4.69, 9.17) is 0 Å². The molecular weight excluding hydrogens is 212 g/mol. The van der Waals surface area contributed by atoms with Crippen LogP contribution in [0.2, 0.25) is 0 Å². The SMILES string of the molecule is CCCc1c(C)[nH]n(-c2ccccc2C)c1=O. The van der Waals surface area contributed by atoms with Crippen LogP contribution >= 0.6 is 0 Å². The van der Waals surface area contributed by atoms with Gasteiger partial charge < -0.3 is 0 Å². The lowest BCUT2D eigenvalue weighted by atomic mass is 10.1. The van der Waals surface area contributed by atoms with Crippen LogP contribution in [0.4, 0.5) is 0 Å². The molecule has 0 unspecified atom stereocenters. The quantitative estimate of drug-likeness (QED) is 0.865. The molecule has 0 saturated carbocycles. The molecule has 1 aromatic carbocycles. The fourth-order valence-electron chi connectivity index (χ4n) is 2.11. The second-order valence-electron chi connectivity index (χ2n) is 4.39. The van der Waals surface area contributed by atoms with Crippen molar-refractivity contribution in [3.8, 4) is 5.69 Å². The molecule has 90 valence electrons. The summed E-state index contributed by atoms with van der Waals surface area (Å²) in [6.07, 6.45) is 1.82. The predicted molar refractivity (Wildman–Crippen MR) is 69.9 cm³/mol. The maximum atomic E-state index is 12.3. The Labute approximate surface area is 101 Å². The Morgan fingerprint density at radius 2 is 1.94 bits per heavy atom. The van der Waals surface area contributed by atoms with Gasteiger partial charge in [0.05, 0.1) is 5.69 Å². The van der Waals surface area contributed by atoms with Crippen LogP contribution in [0, 0.1) is 13.8 Å². The zero-order chi connectivity index (χ0) is 12.4. The summed E-state index contributed by atoms with van der Waals surface area (Å²) in [5, 5.41) is 3.16. The van der Waals surface area contributed by atoms with Crippen LogP contribution < -0.4 is 5.56 Å². The van der Waals surface area contributed by atoms with Gasteiger partial charge in [-0.3, -0.25) is 9.89 Å². The first kappa shape index (κ1) is 11.7. The van der Waals surface area contributed by atoms with Crippen molar-refractivity contribution < 1.29 is 0 Å². The third-order valence-electron chi connectivity index (χ3n) is 3.05. The summed E-state index contributed by atoms with van der Waals surface area (Å²) in [6, 6.07) is 7.90. The van der Waals surface area contributed by atoms with Gasteiger partial charge >= 0.3 is 0 Å². The predicted octanol–water partition coefficient (Wildman–Crippen LogP) is 2.73. The Bertz CT molecular complexity index is 578. The topological polar surface area (TPSA) is 37.8 Å². The number of rotatable bonds is 3. The van der Waals surface area contributed by atoms with Crippen LogP contribution in [0.15, 0.2) is 29.1 Å².